The fourth-order valence-corrected chi connectivity index (χ4v) is 2.18. The lowest BCUT2D eigenvalue weighted by atomic mass is 10.0. The second kappa shape index (κ2) is 5.40. The zero-order chi connectivity index (χ0) is 14.0. The number of nitrogens with one attached hydrogen (secondary N) is 1. The molecule has 0 bridgehead atoms. The predicted molar refractivity (Wildman–Crippen MR) is 67.4 cm³/mol. The van der Waals surface area contributed by atoms with E-state index in [1.54, 1.807) is 0 Å². The van der Waals surface area contributed by atoms with Crippen LogP contribution in [0.25, 0.3) is 0 Å². The second-order valence-electron chi connectivity index (χ2n) is 4.96. The Bertz CT molecular complexity index is 483. The first-order chi connectivity index (χ1) is 8.99. The molecule has 19 heavy (non-hydrogen) atoms. The van der Waals surface area contributed by atoms with Gasteiger partial charge in [0.15, 0.2) is 0 Å². The molecule has 1 atom stereocenters. The van der Waals surface area contributed by atoms with Gasteiger partial charge in [0, 0.05) is 19.4 Å². The van der Waals surface area contributed by atoms with Crippen molar-refractivity contribution in [2.45, 2.75) is 25.4 Å². The molecule has 1 aliphatic heterocycles. The zero-order valence-corrected chi connectivity index (χ0v) is 11.1. The molecular weight excluding hydrogens is 248 g/mol. The van der Waals surface area contributed by atoms with Crippen LogP contribution < -0.4 is 0 Å². The van der Waals surface area contributed by atoms with E-state index in [0.29, 0.717) is 19.5 Å². The van der Waals surface area contributed by atoms with Crippen LogP contribution in [0.15, 0.2) is 6.33 Å². The van der Waals surface area contributed by atoms with E-state index in [1.165, 1.54) is 11.2 Å². The van der Waals surface area contributed by atoms with Crippen LogP contribution >= 0.6 is 0 Å². The summed E-state index contributed by atoms with van der Waals surface area (Å²) in [7, 11) is 3.76. The average molecular weight is 266 g/mol. The highest BCUT2D eigenvalue weighted by Gasteiger charge is 2.35. The van der Waals surface area contributed by atoms with E-state index >= 15 is 0 Å². The lowest BCUT2D eigenvalue weighted by molar-refractivity contribution is -0.151. The monoisotopic (exact) mass is 266 g/mol. The van der Waals surface area contributed by atoms with Gasteiger partial charge in [0.25, 0.3) is 0 Å². The quantitative estimate of drug-likeness (QED) is 0.781. The number of hydrogen-bond acceptors (Lipinski definition) is 4. The van der Waals surface area contributed by atoms with Gasteiger partial charge >= 0.3 is 5.97 Å². The third kappa shape index (κ3) is 2.93. The minimum absolute atomic E-state index is 0.138. The zero-order valence-electron chi connectivity index (χ0n) is 11.1. The number of imidazole rings is 1. The summed E-state index contributed by atoms with van der Waals surface area (Å²) in [5.74, 6) is -1.12. The standard InChI is InChI=1S/C12H18N4O3/c1-15(2)4-3-11(17)16-6-9-8(13-7-14-9)5-10(16)12(18)19/h7,10H,3-6H2,1-2H3,(H,13,14)(H,18,19). The van der Waals surface area contributed by atoms with Crippen molar-refractivity contribution in [3.8, 4) is 0 Å². The SMILES string of the molecule is CN(C)CCC(=O)N1Cc2[nH]cnc2CC1C(=O)O. The number of carboxylic acids is 1. The summed E-state index contributed by atoms with van der Waals surface area (Å²) < 4.78 is 0. The van der Waals surface area contributed by atoms with Crippen LogP contribution in [-0.4, -0.2) is 63.4 Å². The van der Waals surface area contributed by atoms with Crippen LogP contribution in [-0.2, 0) is 22.6 Å². The summed E-state index contributed by atoms with van der Waals surface area (Å²) in [5.41, 5.74) is 1.57. The number of hydrogen-bond donors (Lipinski definition) is 2. The van der Waals surface area contributed by atoms with Gasteiger partial charge in [-0.3, -0.25) is 4.79 Å². The Labute approximate surface area is 111 Å². The van der Waals surface area contributed by atoms with E-state index in [0.717, 1.165) is 11.4 Å². The van der Waals surface area contributed by atoms with E-state index in [4.69, 9.17) is 0 Å². The number of rotatable bonds is 4. The maximum Gasteiger partial charge on any atom is 0.326 e. The number of carbonyl (C=O) groups is 2. The number of amides is 1. The Hall–Kier alpha value is -1.89. The number of carboxylic acid groups (broad SMARTS) is 1. The Morgan fingerprint density at radius 2 is 2.32 bits per heavy atom. The molecule has 0 aliphatic carbocycles. The average Bonchev–Trinajstić information content (AvgIpc) is 2.81. The van der Waals surface area contributed by atoms with Crippen molar-refractivity contribution < 1.29 is 14.7 Å². The summed E-state index contributed by atoms with van der Waals surface area (Å²) >= 11 is 0. The van der Waals surface area contributed by atoms with Crippen molar-refractivity contribution in [3.63, 3.8) is 0 Å². The van der Waals surface area contributed by atoms with Gasteiger partial charge in [0.05, 0.1) is 24.3 Å². The molecule has 0 spiro atoms. The lowest BCUT2D eigenvalue weighted by Crippen LogP contribution is -2.49. The predicted octanol–water partition coefficient (Wildman–Crippen LogP) is -0.301. The summed E-state index contributed by atoms with van der Waals surface area (Å²) in [6.07, 6.45) is 2.12. The van der Waals surface area contributed by atoms with E-state index in [9.17, 15) is 14.7 Å². The van der Waals surface area contributed by atoms with E-state index in [-0.39, 0.29) is 12.3 Å². The van der Waals surface area contributed by atoms with E-state index in [2.05, 4.69) is 9.97 Å². The van der Waals surface area contributed by atoms with Gasteiger partial charge in [-0.05, 0) is 14.1 Å². The molecule has 2 heterocycles. The molecule has 2 rings (SSSR count). The van der Waals surface area contributed by atoms with Crippen LogP contribution in [0.5, 0.6) is 0 Å². The molecular formula is C12H18N4O3. The van der Waals surface area contributed by atoms with Crippen LogP contribution in [0.2, 0.25) is 0 Å². The van der Waals surface area contributed by atoms with Crippen LogP contribution in [0.3, 0.4) is 0 Å². The molecule has 1 aromatic rings. The third-order valence-corrected chi connectivity index (χ3v) is 3.28. The van der Waals surface area contributed by atoms with Crippen molar-refractivity contribution in [1.29, 1.82) is 0 Å². The first-order valence-corrected chi connectivity index (χ1v) is 6.17. The molecule has 0 saturated carbocycles. The maximum atomic E-state index is 12.2. The highest BCUT2D eigenvalue weighted by atomic mass is 16.4. The normalized spacial score (nSPS) is 18.5. The number of aliphatic carboxylic acids is 1. The molecule has 0 aromatic carbocycles. The number of carbonyl (C=O) groups excluding carboxylic acids is 1. The molecule has 0 radical (unpaired) electrons. The van der Waals surface area contributed by atoms with Gasteiger partial charge in [-0.2, -0.15) is 0 Å². The second-order valence-corrected chi connectivity index (χ2v) is 4.96. The maximum absolute atomic E-state index is 12.2. The van der Waals surface area contributed by atoms with Crippen LogP contribution in [0.1, 0.15) is 17.8 Å². The van der Waals surface area contributed by atoms with Crippen molar-refractivity contribution in [1.82, 2.24) is 19.8 Å². The summed E-state index contributed by atoms with van der Waals surface area (Å²) in [6, 6.07) is -0.814. The largest absolute Gasteiger partial charge is 0.480 e. The lowest BCUT2D eigenvalue weighted by Gasteiger charge is -2.32. The summed E-state index contributed by atoms with van der Waals surface area (Å²) in [6.45, 7) is 0.899. The molecule has 0 saturated heterocycles. The van der Waals surface area contributed by atoms with Crippen LogP contribution in [0.4, 0.5) is 0 Å². The van der Waals surface area contributed by atoms with Gasteiger partial charge in [-0.15, -0.1) is 0 Å². The van der Waals surface area contributed by atoms with Crippen molar-refractivity contribution in [2.24, 2.45) is 0 Å². The fraction of sp³-hybridized carbons (Fsp3) is 0.583. The van der Waals surface area contributed by atoms with Gasteiger partial charge in [-0.1, -0.05) is 0 Å². The molecule has 7 nitrogen and oxygen atoms in total. The highest BCUT2D eigenvalue weighted by molar-refractivity contribution is 5.84. The van der Waals surface area contributed by atoms with Gasteiger partial charge in [0.2, 0.25) is 5.91 Å². The minimum atomic E-state index is -0.980. The first-order valence-electron chi connectivity index (χ1n) is 6.17. The van der Waals surface area contributed by atoms with E-state index in [1.807, 2.05) is 19.0 Å². The fourth-order valence-electron chi connectivity index (χ4n) is 2.18. The number of aromatic nitrogens is 2. The third-order valence-electron chi connectivity index (χ3n) is 3.28. The topological polar surface area (TPSA) is 89.5 Å². The molecule has 104 valence electrons. The Morgan fingerprint density at radius 3 is 2.95 bits per heavy atom. The molecule has 0 fully saturated rings. The Morgan fingerprint density at radius 1 is 1.58 bits per heavy atom. The van der Waals surface area contributed by atoms with Gasteiger partial charge < -0.3 is 19.9 Å². The number of nitrogens with zero attached hydrogens (tertiary/aromatic N) is 3. The van der Waals surface area contributed by atoms with E-state index < -0.39 is 12.0 Å². The number of fused-ring (bicyclic) bond motifs is 1. The summed E-state index contributed by atoms with van der Waals surface area (Å²) in [5, 5.41) is 9.26. The van der Waals surface area contributed by atoms with Gasteiger partial charge in [-0.25, -0.2) is 9.78 Å². The Balaban J connectivity index is 2.13. The van der Waals surface area contributed by atoms with Gasteiger partial charge in [0.1, 0.15) is 6.04 Å². The molecule has 1 amide bonds. The molecule has 1 aliphatic rings. The minimum Gasteiger partial charge on any atom is -0.480 e. The smallest absolute Gasteiger partial charge is 0.326 e. The Kier molecular flexibility index (Phi) is 3.84. The molecule has 7 heteroatoms. The molecule has 1 unspecified atom stereocenters. The molecule has 1 aromatic heterocycles. The van der Waals surface area contributed by atoms with Crippen molar-refractivity contribution in [2.75, 3.05) is 20.6 Å². The highest BCUT2D eigenvalue weighted by Crippen LogP contribution is 2.21. The van der Waals surface area contributed by atoms with Crippen molar-refractivity contribution in [3.05, 3.63) is 17.7 Å². The summed E-state index contributed by atoms with van der Waals surface area (Å²) in [4.78, 5) is 33.8. The number of aromatic amines is 1. The number of H-pyrrole nitrogens is 1. The van der Waals surface area contributed by atoms with Crippen molar-refractivity contribution >= 4 is 11.9 Å². The van der Waals surface area contributed by atoms with Crippen LogP contribution in [0, 0.1) is 0 Å². The molecule has 2 N–H and O–H groups in total. The first kappa shape index (κ1) is 13.5.